The summed E-state index contributed by atoms with van der Waals surface area (Å²) >= 11 is 3.39. The molecule has 7 heteroatoms. The highest BCUT2D eigenvalue weighted by Crippen LogP contribution is 2.24. The second kappa shape index (κ2) is 4.68. The summed E-state index contributed by atoms with van der Waals surface area (Å²) in [6, 6.07) is 6.52. The molecule has 0 bridgehead atoms. The highest BCUT2D eigenvalue weighted by molar-refractivity contribution is 9.10. The van der Waals surface area contributed by atoms with Crippen LogP contribution in [-0.4, -0.2) is 19.7 Å². The molecular formula is C13H9BrN4O2. The number of hydrogen-bond acceptors (Lipinski definition) is 4. The third-order valence-electron chi connectivity index (χ3n) is 3.01. The summed E-state index contributed by atoms with van der Waals surface area (Å²) in [4.78, 5) is 14.7. The number of halogens is 1. The van der Waals surface area contributed by atoms with Crippen molar-refractivity contribution in [2.75, 3.05) is 0 Å². The monoisotopic (exact) mass is 332 g/mol. The molecule has 2 aromatic heterocycles. The Labute approximate surface area is 122 Å². The van der Waals surface area contributed by atoms with Crippen LogP contribution in [0.25, 0.3) is 16.7 Å². The Bertz CT molecular complexity index is 828. The van der Waals surface area contributed by atoms with Gasteiger partial charge in [-0.2, -0.15) is 5.10 Å². The van der Waals surface area contributed by atoms with Crippen LogP contribution in [-0.2, 0) is 0 Å². The summed E-state index contributed by atoms with van der Waals surface area (Å²) in [6.07, 6.45) is 3.35. The van der Waals surface area contributed by atoms with E-state index in [1.807, 2.05) is 13.0 Å². The molecule has 0 radical (unpaired) electrons. The van der Waals surface area contributed by atoms with Gasteiger partial charge in [0.15, 0.2) is 5.82 Å². The second-order valence-electron chi connectivity index (χ2n) is 4.35. The normalized spacial score (nSPS) is 10.9. The van der Waals surface area contributed by atoms with Crippen molar-refractivity contribution in [3.8, 4) is 5.82 Å². The minimum atomic E-state index is -0.420. The third-order valence-corrected chi connectivity index (χ3v) is 3.84. The molecule has 0 aliphatic rings. The molecule has 0 aliphatic carbocycles. The van der Waals surface area contributed by atoms with Crippen LogP contribution in [0.1, 0.15) is 5.56 Å². The van der Waals surface area contributed by atoms with Crippen molar-refractivity contribution in [2.45, 2.75) is 6.92 Å². The molecule has 0 amide bonds. The minimum absolute atomic E-state index is 0.0353. The maximum Gasteiger partial charge on any atom is 0.271 e. The van der Waals surface area contributed by atoms with Gasteiger partial charge in [0.05, 0.1) is 16.6 Å². The summed E-state index contributed by atoms with van der Waals surface area (Å²) in [5.41, 5.74) is 1.71. The van der Waals surface area contributed by atoms with Crippen molar-refractivity contribution in [1.82, 2.24) is 14.8 Å². The molecule has 0 atom stereocenters. The van der Waals surface area contributed by atoms with Gasteiger partial charge in [0.2, 0.25) is 0 Å². The van der Waals surface area contributed by atoms with Crippen LogP contribution in [0.3, 0.4) is 0 Å². The van der Waals surface area contributed by atoms with Gasteiger partial charge in [-0.15, -0.1) is 0 Å². The van der Waals surface area contributed by atoms with Gasteiger partial charge in [0.1, 0.15) is 0 Å². The number of hydrogen-bond donors (Lipinski definition) is 0. The molecule has 20 heavy (non-hydrogen) atoms. The van der Waals surface area contributed by atoms with E-state index < -0.39 is 4.92 Å². The Kier molecular flexibility index (Phi) is 2.98. The standard InChI is InChI=1S/C13H9BrN4O2/c1-8-4-13(15-7-11(8)14)17-12-5-10(18(19)20)3-2-9(12)6-16-17/h2-7H,1H3. The summed E-state index contributed by atoms with van der Waals surface area (Å²) in [5.74, 6) is 0.626. The molecule has 3 rings (SSSR count). The van der Waals surface area contributed by atoms with Gasteiger partial charge in [-0.3, -0.25) is 10.1 Å². The van der Waals surface area contributed by atoms with Crippen LogP contribution in [0, 0.1) is 17.0 Å². The van der Waals surface area contributed by atoms with Gasteiger partial charge >= 0.3 is 0 Å². The summed E-state index contributed by atoms with van der Waals surface area (Å²) in [5, 5.41) is 16.0. The molecule has 1 aromatic carbocycles. The number of fused-ring (bicyclic) bond motifs is 1. The highest BCUT2D eigenvalue weighted by Gasteiger charge is 2.12. The Balaban J connectivity index is 2.22. The first-order valence-corrected chi connectivity index (χ1v) is 6.60. The van der Waals surface area contributed by atoms with Gasteiger partial charge in [-0.1, -0.05) is 0 Å². The average Bonchev–Trinajstić information content (AvgIpc) is 2.84. The number of benzene rings is 1. The van der Waals surface area contributed by atoms with Gasteiger partial charge in [0.25, 0.3) is 5.69 Å². The summed E-state index contributed by atoms with van der Waals surface area (Å²) < 4.78 is 2.51. The van der Waals surface area contributed by atoms with E-state index in [1.54, 1.807) is 23.1 Å². The smallest absolute Gasteiger partial charge is 0.258 e. The zero-order valence-corrected chi connectivity index (χ0v) is 12.0. The zero-order valence-electron chi connectivity index (χ0n) is 10.4. The van der Waals surface area contributed by atoms with E-state index >= 15 is 0 Å². The number of aromatic nitrogens is 3. The van der Waals surface area contributed by atoms with Crippen molar-refractivity contribution in [2.24, 2.45) is 0 Å². The number of aryl methyl sites for hydroxylation is 1. The van der Waals surface area contributed by atoms with E-state index in [4.69, 9.17) is 0 Å². The molecule has 0 unspecified atom stereocenters. The maximum absolute atomic E-state index is 10.9. The molecule has 2 heterocycles. The topological polar surface area (TPSA) is 73.8 Å². The van der Waals surface area contributed by atoms with Crippen LogP contribution < -0.4 is 0 Å². The Morgan fingerprint density at radius 1 is 1.30 bits per heavy atom. The maximum atomic E-state index is 10.9. The molecule has 100 valence electrons. The predicted octanol–water partition coefficient (Wildman–Crippen LogP) is 3.40. The first-order valence-electron chi connectivity index (χ1n) is 5.81. The van der Waals surface area contributed by atoms with Gasteiger partial charge < -0.3 is 0 Å². The lowest BCUT2D eigenvalue weighted by molar-refractivity contribution is -0.384. The SMILES string of the molecule is Cc1cc(-n2ncc3ccc([N+](=O)[O-])cc32)ncc1Br. The minimum Gasteiger partial charge on any atom is -0.258 e. The first kappa shape index (κ1) is 12.7. The number of pyridine rings is 1. The Morgan fingerprint density at radius 2 is 2.10 bits per heavy atom. The summed E-state index contributed by atoms with van der Waals surface area (Å²) in [7, 11) is 0. The quantitative estimate of drug-likeness (QED) is 0.532. The number of non-ortho nitro benzene ring substituents is 1. The van der Waals surface area contributed by atoms with E-state index in [-0.39, 0.29) is 5.69 Å². The van der Waals surface area contributed by atoms with Crippen molar-refractivity contribution < 1.29 is 4.92 Å². The van der Waals surface area contributed by atoms with Crippen LogP contribution in [0.5, 0.6) is 0 Å². The lowest BCUT2D eigenvalue weighted by Gasteiger charge is -2.04. The average molecular weight is 333 g/mol. The van der Waals surface area contributed by atoms with Gasteiger partial charge in [-0.05, 0) is 40.5 Å². The van der Waals surface area contributed by atoms with E-state index in [2.05, 4.69) is 26.0 Å². The third kappa shape index (κ3) is 2.05. The van der Waals surface area contributed by atoms with Crippen molar-refractivity contribution in [1.29, 1.82) is 0 Å². The van der Waals surface area contributed by atoms with Crippen LogP contribution >= 0.6 is 15.9 Å². The lowest BCUT2D eigenvalue weighted by Crippen LogP contribution is -2.00. The van der Waals surface area contributed by atoms with E-state index in [1.165, 1.54) is 12.1 Å². The number of rotatable bonds is 2. The number of nitro benzene ring substituents is 1. The largest absolute Gasteiger partial charge is 0.271 e. The van der Waals surface area contributed by atoms with Gasteiger partial charge in [0, 0.05) is 28.2 Å². The molecule has 0 aliphatic heterocycles. The molecule has 3 aromatic rings. The van der Waals surface area contributed by atoms with E-state index in [0.717, 1.165) is 15.4 Å². The first-order chi connectivity index (χ1) is 9.56. The Hall–Kier alpha value is -2.28. The van der Waals surface area contributed by atoms with Crippen molar-refractivity contribution in [3.05, 3.63) is 56.8 Å². The fraction of sp³-hybridized carbons (Fsp3) is 0.0769. The zero-order chi connectivity index (χ0) is 14.3. The molecule has 0 N–H and O–H groups in total. The fourth-order valence-electron chi connectivity index (χ4n) is 1.94. The Morgan fingerprint density at radius 3 is 2.80 bits per heavy atom. The molecular weight excluding hydrogens is 324 g/mol. The molecule has 0 saturated heterocycles. The van der Waals surface area contributed by atoms with Crippen molar-refractivity contribution in [3.63, 3.8) is 0 Å². The number of nitrogens with zero attached hydrogens (tertiary/aromatic N) is 4. The van der Waals surface area contributed by atoms with Crippen LogP contribution in [0.4, 0.5) is 5.69 Å². The van der Waals surface area contributed by atoms with Crippen molar-refractivity contribution >= 4 is 32.5 Å². The molecule has 0 saturated carbocycles. The lowest BCUT2D eigenvalue weighted by atomic mass is 10.2. The summed E-state index contributed by atoms with van der Waals surface area (Å²) in [6.45, 7) is 1.95. The fourth-order valence-corrected chi connectivity index (χ4v) is 2.16. The highest BCUT2D eigenvalue weighted by atomic mass is 79.9. The molecule has 6 nitrogen and oxygen atoms in total. The molecule has 0 spiro atoms. The number of nitro groups is 1. The van der Waals surface area contributed by atoms with Crippen LogP contribution in [0.2, 0.25) is 0 Å². The van der Waals surface area contributed by atoms with Gasteiger partial charge in [-0.25, -0.2) is 9.67 Å². The predicted molar refractivity (Wildman–Crippen MR) is 78.0 cm³/mol. The second-order valence-corrected chi connectivity index (χ2v) is 5.20. The van der Waals surface area contributed by atoms with Crippen LogP contribution in [0.15, 0.2) is 41.1 Å². The van der Waals surface area contributed by atoms with E-state index in [9.17, 15) is 10.1 Å². The van der Waals surface area contributed by atoms with E-state index in [0.29, 0.717) is 11.3 Å². The molecule has 0 fully saturated rings.